The minimum Gasteiger partial charge on any atom is -0.480 e. The fourth-order valence-electron chi connectivity index (χ4n) is 9.67. The Morgan fingerprint density at radius 3 is 1.32 bits per heavy atom. The summed E-state index contributed by atoms with van der Waals surface area (Å²) in [6, 6.07) is 14.1. The molecular formula is C58H92LuN12O20S2Y+3. The molecule has 531 valence electrons. The van der Waals surface area contributed by atoms with Crippen molar-refractivity contribution in [3.05, 3.63) is 59.7 Å². The molecule has 2 aromatic carbocycles. The van der Waals surface area contributed by atoms with E-state index in [9.17, 15) is 74.1 Å². The largest absolute Gasteiger partial charge is 3.00 e. The first kappa shape index (κ1) is 87.4. The summed E-state index contributed by atoms with van der Waals surface area (Å²) in [5.41, 5.74) is 3.17. The molecule has 0 aliphatic carbocycles. The number of nitrogens with one attached hydrogen (secondary N) is 5. The fourth-order valence-corrected chi connectivity index (χ4v) is 10.1. The van der Waals surface area contributed by atoms with Gasteiger partial charge >= 0.3 is 80.5 Å². The Bertz CT molecular complexity index is 2600. The van der Waals surface area contributed by atoms with Gasteiger partial charge < -0.3 is 86.4 Å². The van der Waals surface area contributed by atoms with Gasteiger partial charge in [-0.25, -0.2) is 0 Å². The number of anilines is 2. The van der Waals surface area contributed by atoms with Crippen LogP contribution in [0.5, 0.6) is 0 Å². The average Bonchev–Trinajstić information content (AvgIpc) is 1.05. The van der Waals surface area contributed by atoms with Crippen LogP contribution in [0.25, 0.3) is 0 Å². The molecule has 2 aromatic rings. The predicted molar refractivity (Wildman–Crippen MR) is 345 cm³/mol. The van der Waals surface area contributed by atoms with Crippen molar-refractivity contribution in [2.24, 2.45) is 0 Å². The Hall–Kier alpha value is -4.56. The van der Waals surface area contributed by atoms with Crippen LogP contribution in [0.15, 0.2) is 48.5 Å². The molecule has 1 heterocycles. The van der Waals surface area contributed by atoms with E-state index in [4.69, 9.17) is 48.5 Å². The summed E-state index contributed by atoms with van der Waals surface area (Å²) in [7, 11) is 0. The van der Waals surface area contributed by atoms with Crippen molar-refractivity contribution in [1.82, 2.24) is 50.2 Å². The number of aliphatic carboxylic acids is 8. The summed E-state index contributed by atoms with van der Waals surface area (Å²) >= 11 is 10.9. The van der Waals surface area contributed by atoms with Crippen LogP contribution in [0.2, 0.25) is 0 Å². The summed E-state index contributed by atoms with van der Waals surface area (Å²) in [6.45, 7) is 5.61. The molecule has 1 fully saturated rings. The summed E-state index contributed by atoms with van der Waals surface area (Å²) in [5.74, 6) is -8.61. The Balaban J connectivity index is 0.0000221. The Morgan fingerprint density at radius 1 is 0.489 bits per heavy atom. The maximum Gasteiger partial charge on any atom is 3.00 e. The van der Waals surface area contributed by atoms with Crippen LogP contribution in [-0.2, 0) is 103 Å². The second-order valence-electron chi connectivity index (χ2n) is 21.6. The zero-order valence-corrected chi connectivity index (χ0v) is 59.0. The van der Waals surface area contributed by atoms with Gasteiger partial charge in [-0.2, -0.15) is 0 Å². The predicted octanol–water partition coefficient (Wildman–Crippen LogP) is -1.74. The van der Waals surface area contributed by atoms with E-state index >= 15 is 0 Å². The number of hydrogen-bond donors (Lipinski definition) is 13. The molecular weight excluding hydrogens is 1510 g/mol. The van der Waals surface area contributed by atoms with E-state index in [1.54, 1.807) is 34.3 Å². The molecule has 0 amide bonds. The maximum atomic E-state index is 12.1. The van der Waals surface area contributed by atoms with E-state index in [1.807, 2.05) is 55.5 Å². The summed E-state index contributed by atoms with van der Waals surface area (Å²) < 4.78 is 22.5. The number of carbonyl (C=O) groups is 8. The second kappa shape index (κ2) is 51.6. The first-order valence-corrected chi connectivity index (χ1v) is 30.9. The second-order valence-corrected chi connectivity index (χ2v) is 22.4. The van der Waals surface area contributed by atoms with Gasteiger partial charge in [0.1, 0.15) is 0 Å². The van der Waals surface area contributed by atoms with Gasteiger partial charge in [0.15, 0.2) is 10.2 Å². The zero-order valence-electron chi connectivity index (χ0n) is 52.9. The number of ether oxygens (including phenoxy) is 4. The number of rotatable bonds is 47. The minimum absolute atomic E-state index is 0. The Kier molecular flexibility index (Phi) is 48.0. The number of carboxylic acid groups (broad SMARTS) is 8. The molecule has 0 bridgehead atoms. The van der Waals surface area contributed by atoms with Gasteiger partial charge in [0.05, 0.1) is 105 Å². The molecule has 94 heavy (non-hydrogen) atoms. The van der Waals surface area contributed by atoms with Gasteiger partial charge in [-0.15, -0.1) is 0 Å². The first-order valence-electron chi connectivity index (χ1n) is 30.1. The Labute approximate surface area is 612 Å². The van der Waals surface area contributed by atoms with Crippen LogP contribution in [0, 0.1) is 36.9 Å². The summed E-state index contributed by atoms with van der Waals surface area (Å²) in [5, 5.41) is 92.1. The standard InChI is InChI=1S/C58H92N12O20S2.Lu.Y/c1-43(69(41-55(83)84)22-20-66(38-52(77)78)15-14-64(36-50(73)74)13-10-59-34-49(71)72)32-44-2-6-46(7-3-44)62-57(91)60-11-24-87-26-28-89-30-31-90-29-27-88-25-12-61-58(92)63-47-8-4-45(5-9-47)33-48-35-68(40-54(81)82)19-18-65(37-51(75)76)16-17-67(39-53(79)80)21-23-70(48)42-56(85)86;;/h2-9,43,48,59H,10-42H2,1H3,(H,71,72)(H,73,74)(H,75,76)(H,77,78)(H,79,80)(H,81,82)(H,83,84)(H,85,86)(H2,60,62,91)(H2,61,63,92);;/q;;+3/i;;1-3. The first-order chi connectivity index (χ1) is 43.9. The van der Waals surface area contributed by atoms with Gasteiger partial charge in [0, 0.05) is 159 Å². The van der Waals surface area contributed by atoms with Gasteiger partial charge in [-0.1, -0.05) is 24.3 Å². The van der Waals surface area contributed by atoms with Crippen molar-refractivity contribution in [3.8, 4) is 0 Å². The van der Waals surface area contributed by atoms with Crippen LogP contribution in [0.3, 0.4) is 0 Å². The number of thiocarbonyl (C=S) groups is 2. The average molecular weight is 1600 g/mol. The third-order valence-electron chi connectivity index (χ3n) is 14.2. The summed E-state index contributed by atoms with van der Waals surface area (Å²) in [6.07, 6.45) is 0.823. The molecule has 1 aliphatic rings. The van der Waals surface area contributed by atoms with E-state index in [0.717, 1.165) is 16.8 Å². The molecule has 2 unspecified atom stereocenters. The van der Waals surface area contributed by atoms with Crippen LogP contribution in [0.1, 0.15) is 18.1 Å². The molecule has 1 aliphatic heterocycles. The molecule has 36 heteroatoms. The monoisotopic (exact) mass is 1600 g/mol. The van der Waals surface area contributed by atoms with Gasteiger partial charge in [-0.3, -0.25) is 72.7 Å². The van der Waals surface area contributed by atoms with E-state index in [1.165, 1.54) is 0 Å². The third-order valence-corrected chi connectivity index (χ3v) is 14.7. The number of carboxylic acids is 8. The van der Waals surface area contributed by atoms with E-state index in [0.29, 0.717) is 94.7 Å². The number of nitrogens with zero attached hydrogens (tertiary/aromatic N) is 7. The summed E-state index contributed by atoms with van der Waals surface area (Å²) in [4.78, 5) is 105. The minimum atomic E-state index is -1.10. The van der Waals surface area contributed by atoms with Crippen LogP contribution < -0.4 is 26.6 Å². The molecule has 13 N–H and O–H groups in total. The van der Waals surface area contributed by atoms with Crippen molar-refractivity contribution >= 4 is 93.8 Å². The molecule has 0 spiro atoms. The van der Waals surface area contributed by atoms with Gasteiger partial charge in [-0.05, 0) is 79.6 Å². The molecule has 0 aromatic heterocycles. The van der Waals surface area contributed by atoms with Crippen molar-refractivity contribution in [2.75, 3.05) is 214 Å². The normalized spacial score (nSPS) is 14.7. The van der Waals surface area contributed by atoms with Crippen molar-refractivity contribution in [1.29, 1.82) is 0 Å². The van der Waals surface area contributed by atoms with Gasteiger partial charge in [0.2, 0.25) is 0 Å². The fraction of sp³-hybridized carbons (Fsp3) is 0.621. The topological polar surface area (TPSA) is 418 Å². The smallest absolute Gasteiger partial charge is 0.480 e. The quantitative estimate of drug-likeness (QED) is 0.0258. The Morgan fingerprint density at radius 2 is 0.883 bits per heavy atom. The molecule has 32 nitrogen and oxygen atoms in total. The molecule has 2 atom stereocenters. The van der Waals surface area contributed by atoms with Crippen LogP contribution >= 0.6 is 24.4 Å². The van der Waals surface area contributed by atoms with Crippen LogP contribution in [0.4, 0.5) is 11.4 Å². The van der Waals surface area contributed by atoms with Gasteiger partial charge in [0.25, 0.3) is 0 Å². The third kappa shape index (κ3) is 43.6. The van der Waals surface area contributed by atoms with E-state index in [-0.39, 0.29) is 213 Å². The van der Waals surface area contributed by atoms with E-state index in [2.05, 4.69) is 26.6 Å². The van der Waals surface area contributed by atoms with Crippen molar-refractivity contribution in [3.63, 3.8) is 0 Å². The molecule has 1 saturated heterocycles. The number of benzene rings is 2. The van der Waals surface area contributed by atoms with Crippen molar-refractivity contribution < 1.29 is 168 Å². The molecule has 1 radical (unpaired) electrons. The molecule has 3 rings (SSSR count). The number of hydrogen-bond acceptors (Lipinski definition) is 22. The maximum absolute atomic E-state index is 12.1. The van der Waals surface area contributed by atoms with E-state index < -0.39 is 53.8 Å². The van der Waals surface area contributed by atoms with Crippen LogP contribution in [-0.4, -0.2) is 349 Å². The SMILES string of the molecule is CC(Cc1ccc(NC(=S)NCCOCCOCCOCCOCCNC(=S)Nc2ccc(CC3CN(CC(=O)O)CCN(CC(=O)O)CCN(CC(=O)O)CCN3CC(=O)O)cc2)cc1)N(CCN(CCN(CCNCC(=O)O)CC(=O)O)CC(=O)O)CC(=O)O.[86Y+3].[Lu]. The zero-order chi connectivity index (χ0) is 67.6. The molecule has 0 saturated carbocycles. The van der Waals surface area contributed by atoms with Crippen molar-refractivity contribution in [2.45, 2.75) is 31.8 Å².